The molecule has 0 aliphatic heterocycles. The van der Waals surface area contributed by atoms with E-state index in [0.29, 0.717) is 17.6 Å². The molecule has 0 amide bonds. The first-order chi connectivity index (χ1) is 5.68. The third-order valence-electron chi connectivity index (χ3n) is 3.03. The second-order valence-electron chi connectivity index (χ2n) is 3.96. The van der Waals surface area contributed by atoms with E-state index in [2.05, 4.69) is 25.2 Å². The molecule has 3 unspecified atom stereocenters. The van der Waals surface area contributed by atoms with E-state index in [1.54, 1.807) is 0 Å². The van der Waals surface area contributed by atoms with Crippen molar-refractivity contribution in [3.63, 3.8) is 0 Å². The van der Waals surface area contributed by atoms with Gasteiger partial charge in [-0.2, -0.15) is 0 Å². The Morgan fingerprint density at radius 2 is 2.17 bits per heavy atom. The molecule has 0 N–H and O–H groups in total. The fourth-order valence-corrected chi connectivity index (χ4v) is 2.20. The van der Waals surface area contributed by atoms with E-state index < -0.39 is 0 Å². The highest BCUT2D eigenvalue weighted by molar-refractivity contribution is 5.98. The van der Waals surface area contributed by atoms with E-state index in [1.807, 2.05) is 6.92 Å². The van der Waals surface area contributed by atoms with Crippen LogP contribution >= 0.6 is 0 Å². The first-order valence-electron chi connectivity index (χ1n) is 4.59. The molecule has 0 aromatic carbocycles. The summed E-state index contributed by atoms with van der Waals surface area (Å²) >= 11 is 0. The van der Waals surface area contributed by atoms with Gasteiger partial charge in [-0.25, -0.2) is 0 Å². The van der Waals surface area contributed by atoms with Gasteiger partial charge in [0.15, 0.2) is 5.78 Å². The zero-order valence-electron chi connectivity index (χ0n) is 7.58. The van der Waals surface area contributed by atoms with Crippen LogP contribution < -0.4 is 0 Å². The molecule has 0 heterocycles. The molecule has 64 valence electrons. The highest BCUT2D eigenvalue weighted by Crippen LogP contribution is 2.35. The maximum atomic E-state index is 11.6. The van der Waals surface area contributed by atoms with Crippen molar-refractivity contribution >= 4 is 5.78 Å². The molecule has 1 nitrogen and oxygen atoms in total. The predicted octanol–water partition coefficient (Wildman–Crippen LogP) is 2.34. The Morgan fingerprint density at radius 1 is 1.42 bits per heavy atom. The minimum Gasteiger partial charge on any atom is -0.294 e. The van der Waals surface area contributed by atoms with Crippen LogP contribution in [0, 0.1) is 17.8 Å². The van der Waals surface area contributed by atoms with Crippen molar-refractivity contribution in [3.05, 3.63) is 23.8 Å². The molecular weight excluding hydrogens is 148 g/mol. The molecule has 0 saturated carbocycles. The van der Waals surface area contributed by atoms with Gasteiger partial charge in [0, 0.05) is 5.92 Å². The smallest absolute Gasteiger partial charge is 0.165 e. The standard InChI is InChI=1S/C11H14O/c1-7-5-8(2)11(12)10-4-3-9(7)6-10/h3-5,7,9-10H,6H2,1-2H3. The van der Waals surface area contributed by atoms with Gasteiger partial charge in [0.1, 0.15) is 0 Å². The van der Waals surface area contributed by atoms with E-state index in [-0.39, 0.29) is 5.92 Å². The Kier molecular flexibility index (Phi) is 1.67. The maximum absolute atomic E-state index is 11.6. The molecule has 2 rings (SSSR count). The Balaban J connectivity index is 2.37. The Hall–Kier alpha value is -0.850. The van der Waals surface area contributed by atoms with Crippen LogP contribution in [-0.2, 0) is 4.79 Å². The number of hydrogen-bond donors (Lipinski definition) is 0. The van der Waals surface area contributed by atoms with E-state index in [1.165, 1.54) is 0 Å². The average molecular weight is 162 g/mol. The normalized spacial score (nSPS) is 39.7. The number of rotatable bonds is 0. The minimum absolute atomic E-state index is 0.191. The van der Waals surface area contributed by atoms with Gasteiger partial charge in [-0.3, -0.25) is 4.79 Å². The van der Waals surface area contributed by atoms with Gasteiger partial charge in [-0.1, -0.05) is 25.2 Å². The summed E-state index contributed by atoms with van der Waals surface area (Å²) in [5.41, 5.74) is 0.958. The number of carbonyl (C=O) groups excluding carboxylic acids is 1. The monoisotopic (exact) mass is 162 g/mol. The van der Waals surface area contributed by atoms with Crippen LogP contribution in [0.1, 0.15) is 20.3 Å². The van der Waals surface area contributed by atoms with Gasteiger partial charge in [0.2, 0.25) is 0 Å². The van der Waals surface area contributed by atoms with Crippen molar-refractivity contribution in [2.75, 3.05) is 0 Å². The highest BCUT2D eigenvalue weighted by Gasteiger charge is 2.31. The zero-order chi connectivity index (χ0) is 8.72. The molecule has 0 fully saturated rings. The van der Waals surface area contributed by atoms with Gasteiger partial charge < -0.3 is 0 Å². The molecule has 0 spiro atoms. The lowest BCUT2D eigenvalue weighted by molar-refractivity contribution is -0.117. The van der Waals surface area contributed by atoms with Gasteiger partial charge in [-0.05, 0) is 30.8 Å². The largest absolute Gasteiger partial charge is 0.294 e. The molecule has 2 bridgehead atoms. The number of fused-ring (bicyclic) bond motifs is 2. The van der Waals surface area contributed by atoms with Crippen LogP contribution in [0.3, 0.4) is 0 Å². The Morgan fingerprint density at radius 3 is 2.92 bits per heavy atom. The number of Topliss-reactive ketones (excluding diaryl/α,β-unsaturated/α-hetero) is 1. The lowest BCUT2D eigenvalue weighted by atomic mass is 9.93. The lowest BCUT2D eigenvalue weighted by Crippen LogP contribution is -2.09. The van der Waals surface area contributed by atoms with E-state index in [9.17, 15) is 4.79 Å². The summed E-state index contributed by atoms with van der Waals surface area (Å²) < 4.78 is 0. The zero-order valence-corrected chi connectivity index (χ0v) is 7.58. The summed E-state index contributed by atoms with van der Waals surface area (Å²) in [5.74, 6) is 1.67. The first-order valence-corrected chi connectivity index (χ1v) is 4.59. The summed E-state index contributed by atoms with van der Waals surface area (Å²) in [6.07, 6.45) is 7.44. The van der Waals surface area contributed by atoms with Crippen molar-refractivity contribution in [2.24, 2.45) is 17.8 Å². The van der Waals surface area contributed by atoms with Crippen molar-refractivity contribution < 1.29 is 4.79 Å². The van der Waals surface area contributed by atoms with E-state index in [0.717, 1.165) is 12.0 Å². The fourth-order valence-electron chi connectivity index (χ4n) is 2.20. The second-order valence-corrected chi connectivity index (χ2v) is 3.96. The number of hydrogen-bond acceptors (Lipinski definition) is 1. The van der Waals surface area contributed by atoms with Crippen molar-refractivity contribution in [1.29, 1.82) is 0 Å². The highest BCUT2D eigenvalue weighted by atomic mass is 16.1. The molecule has 3 atom stereocenters. The van der Waals surface area contributed by atoms with Crippen LogP contribution in [0.5, 0.6) is 0 Å². The maximum Gasteiger partial charge on any atom is 0.165 e. The molecule has 0 saturated heterocycles. The van der Waals surface area contributed by atoms with Crippen molar-refractivity contribution in [2.45, 2.75) is 20.3 Å². The number of ketones is 1. The molecular formula is C11H14O. The second kappa shape index (κ2) is 2.58. The van der Waals surface area contributed by atoms with Crippen LogP contribution in [0.15, 0.2) is 23.8 Å². The van der Waals surface area contributed by atoms with Gasteiger partial charge in [0.05, 0.1) is 0 Å². The predicted molar refractivity (Wildman–Crippen MR) is 48.7 cm³/mol. The van der Waals surface area contributed by atoms with Crippen LogP contribution in [0.2, 0.25) is 0 Å². The van der Waals surface area contributed by atoms with Gasteiger partial charge in [0.25, 0.3) is 0 Å². The topological polar surface area (TPSA) is 17.1 Å². The molecule has 2 aliphatic rings. The van der Waals surface area contributed by atoms with E-state index >= 15 is 0 Å². The summed E-state index contributed by atoms with van der Waals surface area (Å²) in [6, 6.07) is 0. The third-order valence-corrected chi connectivity index (χ3v) is 3.03. The van der Waals surface area contributed by atoms with Crippen molar-refractivity contribution in [3.8, 4) is 0 Å². The quantitative estimate of drug-likeness (QED) is 0.500. The number of carbonyl (C=O) groups is 1. The van der Waals surface area contributed by atoms with Crippen LogP contribution in [0.4, 0.5) is 0 Å². The summed E-state index contributed by atoms with van der Waals surface area (Å²) in [4.78, 5) is 11.6. The molecule has 0 aromatic rings. The Labute approximate surface area is 73.2 Å². The molecule has 1 heteroatoms. The first kappa shape index (κ1) is 7.78. The van der Waals surface area contributed by atoms with E-state index in [4.69, 9.17) is 0 Å². The molecule has 0 radical (unpaired) electrons. The van der Waals surface area contributed by atoms with Crippen molar-refractivity contribution in [1.82, 2.24) is 0 Å². The molecule has 0 aromatic heterocycles. The lowest BCUT2D eigenvalue weighted by Gasteiger charge is -2.11. The number of allylic oxidation sites excluding steroid dienone is 4. The van der Waals surface area contributed by atoms with Gasteiger partial charge in [-0.15, -0.1) is 0 Å². The average Bonchev–Trinajstić information content (AvgIpc) is 2.47. The summed E-state index contributed by atoms with van der Waals surface area (Å²) in [7, 11) is 0. The van der Waals surface area contributed by atoms with Crippen LogP contribution in [-0.4, -0.2) is 5.78 Å². The third kappa shape index (κ3) is 1.04. The summed E-state index contributed by atoms with van der Waals surface area (Å²) in [5, 5.41) is 0. The fraction of sp³-hybridized carbons (Fsp3) is 0.545. The minimum atomic E-state index is 0.191. The SMILES string of the molecule is CC1=CC(C)C2C=CC(C2)C1=O. The molecule has 2 aliphatic carbocycles. The molecule has 12 heavy (non-hydrogen) atoms. The van der Waals surface area contributed by atoms with Gasteiger partial charge >= 0.3 is 0 Å². The Bertz CT molecular complexity index is 273. The van der Waals surface area contributed by atoms with Crippen LogP contribution in [0.25, 0.3) is 0 Å². The summed E-state index contributed by atoms with van der Waals surface area (Å²) in [6.45, 7) is 4.13.